The number of amides is 2. The van der Waals surface area contributed by atoms with Gasteiger partial charge < -0.3 is 25.8 Å². The topological polar surface area (TPSA) is 142 Å². The van der Waals surface area contributed by atoms with E-state index in [0.717, 1.165) is 42.8 Å². The van der Waals surface area contributed by atoms with Crippen LogP contribution in [0.5, 0.6) is 0 Å². The van der Waals surface area contributed by atoms with Crippen molar-refractivity contribution in [2.24, 2.45) is 11.7 Å². The maximum atomic E-state index is 15.1. The fraction of sp³-hybridized carbons (Fsp3) is 0.412. The van der Waals surface area contributed by atoms with E-state index >= 15 is 8.78 Å². The number of carbonyl (C=O) groups excluding carboxylic acids is 2. The number of ether oxygens (including phenoxy) is 1. The molecule has 0 spiro atoms. The number of amidine groups is 1. The predicted molar refractivity (Wildman–Crippen MR) is 167 cm³/mol. The lowest BCUT2D eigenvalue weighted by Crippen LogP contribution is -2.46. The van der Waals surface area contributed by atoms with Crippen LogP contribution in [0.25, 0.3) is 11.1 Å². The molecule has 0 aliphatic carbocycles. The number of aliphatic hydroxyl groups excluding tert-OH is 1. The molecule has 3 heterocycles. The van der Waals surface area contributed by atoms with Crippen LogP contribution in [0.1, 0.15) is 79.8 Å². The Hall–Kier alpha value is -4.36. The second kappa shape index (κ2) is 13.4. The van der Waals surface area contributed by atoms with Crippen LogP contribution in [-0.4, -0.2) is 46.9 Å². The van der Waals surface area contributed by atoms with E-state index in [1.54, 1.807) is 18.2 Å². The summed E-state index contributed by atoms with van der Waals surface area (Å²) in [6, 6.07) is 9.10. The second-order valence-electron chi connectivity index (χ2n) is 12.3. The smallest absolute Gasteiger partial charge is 0.286 e. The highest BCUT2D eigenvalue weighted by Crippen LogP contribution is 2.37. The standard InChI is InChI=1S/C34H37F4N5O4/c1-17-6-7-19(28-23(35)14-21(15-24(28)36)30(44)32(40)45)16-25(17)43-11-10-20(13-18(43)2)33(46)42-31(39)22-8-9-27(34(3,37)38)41-29(22)26-5-4-12-47-26/h6-9,14-16,18,20,26,30,44H,4-5,10-13H2,1-3H3,(H2,40,45)(H2,39,42,46)/t18-,20-,26?,30?/m0/s1. The molecule has 2 amide bonds. The van der Waals surface area contributed by atoms with Crippen LogP contribution in [0, 0.1) is 29.9 Å². The number of aromatic nitrogens is 1. The third kappa shape index (κ3) is 7.15. The molecule has 2 aliphatic heterocycles. The number of nitrogens with two attached hydrogens (primary N) is 1. The zero-order valence-electron chi connectivity index (χ0n) is 26.2. The van der Waals surface area contributed by atoms with Gasteiger partial charge in [0.05, 0.1) is 11.3 Å². The van der Waals surface area contributed by atoms with Crippen molar-refractivity contribution in [3.63, 3.8) is 0 Å². The van der Waals surface area contributed by atoms with Crippen LogP contribution in [0.4, 0.5) is 23.2 Å². The monoisotopic (exact) mass is 655 g/mol. The summed E-state index contributed by atoms with van der Waals surface area (Å²) >= 11 is 0. The Morgan fingerprint density at radius 3 is 2.45 bits per heavy atom. The van der Waals surface area contributed by atoms with Gasteiger partial charge in [0.1, 0.15) is 29.3 Å². The molecule has 2 aliphatic rings. The summed E-state index contributed by atoms with van der Waals surface area (Å²) in [6.07, 6.45) is -0.252. The molecule has 5 rings (SSSR count). The van der Waals surface area contributed by atoms with Crippen LogP contribution >= 0.6 is 0 Å². The normalized spacial score (nSPS) is 20.6. The van der Waals surface area contributed by atoms with Crippen molar-refractivity contribution in [2.75, 3.05) is 18.1 Å². The number of anilines is 1. The van der Waals surface area contributed by atoms with E-state index in [4.69, 9.17) is 15.9 Å². The van der Waals surface area contributed by atoms with Gasteiger partial charge in [-0.2, -0.15) is 8.78 Å². The summed E-state index contributed by atoms with van der Waals surface area (Å²) in [5.74, 6) is -7.30. The van der Waals surface area contributed by atoms with Crippen molar-refractivity contribution in [1.82, 2.24) is 10.3 Å². The number of benzene rings is 2. The van der Waals surface area contributed by atoms with Crippen LogP contribution in [0.3, 0.4) is 0 Å². The van der Waals surface area contributed by atoms with Crippen molar-refractivity contribution in [3.8, 4) is 11.1 Å². The minimum Gasteiger partial charge on any atom is -0.378 e. The first kappa shape index (κ1) is 34.0. The summed E-state index contributed by atoms with van der Waals surface area (Å²) in [6.45, 7) is 5.44. The van der Waals surface area contributed by atoms with Gasteiger partial charge in [0.2, 0.25) is 5.91 Å². The molecule has 47 heavy (non-hydrogen) atoms. The summed E-state index contributed by atoms with van der Waals surface area (Å²) < 4.78 is 64.0. The third-order valence-corrected chi connectivity index (χ3v) is 8.83. The van der Waals surface area contributed by atoms with Crippen molar-refractivity contribution >= 4 is 23.3 Å². The minimum atomic E-state index is -3.18. The van der Waals surface area contributed by atoms with Crippen molar-refractivity contribution < 1.29 is 37.0 Å². The molecule has 2 aromatic carbocycles. The minimum absolute atomic E-state index is 0.166. The van der Waals surface area contributed by atoms with Crippen molar-refractivity contribution in [2.45, 2.75) is 70.6 Å². The molecule has 0 bridgehead atoms. The SMILES string of the molecule is Cc1ccc(-c2c(F)cc(C(O)C(N)=O)cc2F)cc1N1CC[C@H](C(=O)NC(=N)c2ccc(C(C)(F)F)nc2C2CCCO2)C[C@@H]1C. The molecule has 9 nitrogen and oxygen atoms in total. The maximum absolute atomic E-state index is 15.1. The molecular formula is C34H37F4N5O4. The zero-order chi connectivity index (χ0) is 34.2. The van der Waals surface area contributed by atoms with E-state index < -0.39 is 47.3 Å². The molecule has 2 unspecified atom stereocenters. The molecule has 13 heteroatoms. The van der Waals surface area contributed by atoms with Gasteiger partial charge in [-0.1, -0.05) is 12.1 Å². The van der Waals surface area contributed by atoms with Crippen LogP contribution < -0.4 is 16.0 Å². The first-order chi connectivity index (χ1) is 22.1. The summed E-state index contributed by atoms with van der Waals surface area (Å²) in [5.41, 5.74) is 6.29. The third-order valence-electron chi connectivity index (χ3n) is 8.83. The van der Waals surface area contributed by atoms with E-state index in [9.17, 15) is 23.5 Å². The zero-order valence-corrected chi connectivity index (χ0v) is 26.2. The number of hydrogen-bond acceptors (Lipinski definition) is 7. The molecular weight excluding hydrogens is 618 g/mol. The molecule has 1 aromatic heterocycles. The Morgan fingerprint density at radius 2 is 1.85 bits per heavy atom. The van der Waals surface area contributed by atoms with E-state index in [1.807, 2.05) is 13.8 Å². The number of halogens is 4. The van der Waals surface area contributed by atoms with E-state index in [0.29, 0.717) is 32.4 Å². The molecule has 0 saturated carbocycles. The largest absolute Gasteiger partial charge is 0.378 e. The maximum Gasteiger partial charge on any atom is 0.286 e. The fourth-order valence-corrected chi connectivity index (χ4v) is 6.30. The molecule has 3 aromatic rings. The highest BCUT2D eigenvalue weighted by atomic mass is 19.3. The first-order valence-corrected chi connectivity index (χ1v) is 15.4. The number of hydrogen-bond donors (Lipinski definition) is 4. The van der Waals surface area contributed by atoms with Gasteiger partial charge >= 0.3 is 0 Å². The first-order valence-electron chi connectivity index (χ1n) is 15.4. The number of aryl methyl sites for hydroxylation is 1. The lowest BCUT2D eigenvalue weighted by Gasteiger charge is -2.39. The van der Waals surface area contributed by atoms with E-state index in [1.165, 1.54) is 6.07 Å². The van der Waals surface area contributed by atoms with Crippen molar-refractivity contribution in [1.29, 1.82) is 5.41 Å². The molecule has 5 N–H and O–H groups in total. The number of alkyl halides is 2. The quantitative estimate of drug-likeness (QED) is 0.142. The van der Waals surface area contributed by atoms with Gasteiger partial charge in [-0.15, -0.1) is 0 Å². The Kier molecular flexibility index (Phi) is 9.69. The van der Waals surface area contributed by atoms with Gasteiger partial charge in [-0.25, -0.2) is 13.8 Å². The lowest BCUT2D eigenvalue weighted by molar-refractivity contribution is -0.126. The van der Waals surface area contributed by atoms with E-state index in [2.05, 4.69) is 15.2 Å². The van der Waals surface area contributed by atoms with Crippen molar-refractivity contribution in [3.05, 3.63) is 82.2 Å². The number of piperidine rings is 1. The van der Waals surface area contributed by atoms with Crippen LogP contribution in [0.15, 0.2) is 42.5 Å². The highest BCUT2D eigenvalue weighted by Gasteiger charge is 2.34. The van der Waals surface area contributed by atoms with Gasteiger partial charge in [0.15, 0.2) is 6.10 Å². The average molecular weight is 656 g/mol. The van der Waals surface area contributed by atoms with Crippen LogP contribution in [0.2, 0.25) is 0 Å². The lowest BCUT2D eigenvalue weighted by atomic mass is 9.89. The highest BCUT2D eigenvalue weighted by molar-refractivity contribution is 6.07. The number of nitrogens with one attached hydrogen (secondary N) is 2. The van der Waals surface area contributed by atoms with Gasteiger partial charge in [0, 0.05) is 43.3 Å². The number of rotatable bonds is 8. The van der Waals surface area contributed by atoms with Gasteiger partial charge in [-0.3, -0.25) is 15.0 Å². The van der Waals surface area contributed by atoms with Gasteiger partial charge in [0.25, 0.3) is 11.8 Å². The summed E-state index contributed by atoms with van der Waals surface area (Å²) in [5, 5.41) is 21.1. The number of carbonyl (C=O) groups is 2. The molecule has 2 fully saturated rings. The molecule has 250 valence electrons. The average Bonchev–Trinajstić information content (AvgIpc) is 3.55. The Labute approximate surface area is 269 Å². The number of pyridine rings is 1. The summed E-state index contributed by atoms with van der Waals surface area (Å²) in [7, 11) is 0. The Balaban J connectivity index is 1.31. The van der Waals surface area contributed by atoms with Crippen LogP contribution in [-0.2, 0) is 20.2 Å². The molecule has 2 saturated heterocycles. The molecule has 0 radical (unpaired) electrons. The number of primary amides is 1. The summed E-state index contributed by atoms with van der Waals surface area (Å²) in [4.78, 5) is 30.9. The molecule has 4 atom stereocenters. The Bertz CT molecular complexity index is 1680. The number of aliphatic hydroxyl groups is 1. The van der Waals surface area contributed by atoms with E-state index in [-0.39, 0.29) is 45.7 Å². The van der Waals surface area contributed by atoms with Gasteiger partial charge in [-0.05, 0) is 86.6 Å². The predicted octanol–water partition coefficient (Wildman–Crippen LogP) is 5.56. The Morgan fingerprint density at radius 1 is 1.15 bits per heavy atom. The second-order valence-corrected chi connectivity index (χ2v) is 12.3. The fourth-order valence-electron chi connectivity index (χ4n) is 6.30. The number of nitrogens with zero attached hydrogens (tertiary/aromatic N) is 2.